The van der Waals surface area contributed by atoms with Crippen LogP contribution in [-0.2, 0) is 9.59 Å². The maximum atomic E-state index is 11.7. The van der Waals surface area contributed by atoms with Crippen LogP contribution in [0.15, 0.2) is 6.20 Å². The molecule has 2 N–H and O–H groups in total. The largest absolute Gasteiger partial charge is 0.481 e. The van der Waals surface area contributed by atoms with Gasteiger partial charge >= 0.3 is 5.97 Å². The molecular weight excluding hydrogens is 230 g/mol. The Morgan fingerprint density at radius 1 is 1.44 bits per heavy atom. The van der Waals surface area contributed by atoms with Gasteiger partial charge in [0.2, 0.25) is 5.91 Å². The van der Waals surface area contributed by atoms with E-state index in [0.717, 1.165) is 11.5 Å². The van der Waals surface area contributed by atoms with Crippen LogP contribution < -0.4 is 5.32 Å². The van der Waals surface area contributed by atoms with Gasteiger partial charge in [-0.1, -0.05) is 4.49 Å². The molecule has 0 aliphatic heterocycles. The zero-order valence-corrected chi connectivity index (χ0v) is 9.24. The lowest BCUT2D eigenvalue weighted by atomic mass is 10.0. The average Bonchev–Trinajstić information content (AvgIpc) is 2.86. The van der Waals surface area contributed by atoms with Crippen molar-refractivity contribution in [1.29, 1.82) is 0 Å². The molecule has 0 bridgehead atoms. The number of carbonyl (C=O) groups is 2. The Morgan fingerprint density at radius 2 is 2.19 bits per heavy atom. The lowest BCUT2D eigenvalue weighted by Crippen LogP contribution is -2.21. The summed E-state index contributed by atoms with van der Waals surface area (Å²) in [4.78, 5) is 22.5. The van der Waals surface area contributed by atoms with Gasteiger partial charge < -0.3 is 10.4 Å². The Hall–Kier alpha value is -1.50. The van der Waals surface area contributed by atoms with Crippen molar-refractivity contribution in [3.63, 3.8) is 0 Å². The summed E-state index contributed by atoms with van der Waals surface area (Å²) in [6, 6.07) is 0. The summed E-state index contributed by atoms with van der Waals surface area (Å²) < 4.78 is 3.63. The van der Waals surface area contributed by atoms with E-state index in [9.17, 15) is 9.59 Å². The minimum Gasteiger partial charge on any atom is -0.481 e. The number of carboxylic acid groups (broad SMARTS) is 1. The molecule has 0 aromatic carbocycles. The van der Waals surface area contributed by atoms with E-state index in [1.54, 1.807) is 0 Å². The summed E-state index contributed by atoms with van der Waals surface area (Å²) in [7, 11) is 0. The number of hydrogen-bond donors (Lipinski definition) is 2. The smallest absolute Gasteiger partial charge is 0.306 e. The minimum absolute atomic E-state index is 0.130. The van der Waals surface area contributed by atoms with E-state index in [1.807, 2.05) is 0 Å². The fraction of sp³-hybridized carbons (Fsp3) is 0.556. The van der Waals surface area contributed by atoms with Crippen LogP contribution in [0.2, 0.25) is 0 Å². The topological polar surface area (TPSA) is 92.2 Å². The Kier molecular flexibility index (Phi) is 3.14. The summed E-state index contributed by atoms with van der Waals surface area (Å²) in [5.74, 6) is -1.52. The first-order valence-corrected chi connectivity index (χ1v) is 5.75. The van der Waals surface area contributed by atoms with Crippen LogP contribution >= 0.6 is 11.5 Å². The quantitative estimate of drug-likeness (QED) is 0.822. The zero-order chi connectivity index (χ0) is 11.5. The van der Waals surface area contributed by atoms with E-state index in [-0.39, 0.29) is 17.7 Å². The van der Waals surface area contributed by atoms with Crippen molar-refractivity contribution in [2.45, 2.75) is 19.3 Å². The zero-order valence-electron chi connectivity index (χ0n) is 8.42. The summed E-state index contributed by atoms with van der Waals surface area (Å²) in [5.41, 5.74) is 0. The molecule has 1 aliphatic carbocycles. The van der Waals surface area contributed by atoms with Crippen LogP contribution in [0, 0.1) is 11.8 Å². The highest BCUT2D eigenvalue weighted by Crippen LogP contribution is 2.32. The second kappa shape index (κ2) is 4.56. The molecule has 0 unspecified atom stereocenters. The first-order valence-electron chi connectivity index (χ1n) is 4.98. The Balaban J connectivity index is 1.90. The van der Waals surface area contributed by atoms with Gasteiger partial charge in [-0.2, -0.15) is 0 Å². The molecule has 1 amide bonds. The molecule has 1 aliphatic rings. The van der Waals surface area contributed by atoms with Gasteiger partial charge in [0.25, 0.3) is 0 Å². The number of carbonyl (C=O) groups excluding carboxylic acids is 1. The molecule has 86 valence electrons. The van der Waals surface area contributed by atoms with Crippen LogP contribution in [0.4, 0.5) is 5.00 Å². The van der Waals surface area contributed by atoms with Gasteiger partial charge in [-0.25, -0.2) is 0 Å². The van der Waals surface area contributed by atoms with Crippen molar-refractivity contribution < 1.29 is 14.7 Å². The molecule has 0 radical (unpaired) electrons. The maximum Gasteiger partial charge on any atom is 0.306 e. The number of anilines is 1. The molecule has 1 aromatic heterocycles. The number of aromatic nitrogens is 2. The van der Waals surface area contributed by atoms with Crippen LogP contribution in [0.1, 0.15) is 19.3 Å². The number of aliphatic carboxylic acids is 1. The first-order chi connectivity index (χ1) is 7.66. The summed E-state index contributed by atoms with van der Waals surface area (Å²) in [6.07, 6.45) is 3.11. The van der Waals surface area contributed by atoms with Gasteiger partial charge in [0.1, 0.15) is 5.00 Å². The predicted octanol–water partition coefficient (Wildman–Crippen LogP) is 0.978. The highest BCUT2D eigenvalue weighted by molar-refractivity contribution is 7.10. The normalized spacial score (nSPS) is 24.2. The average molecular weight is 241 g/mol. The standard InChI is InChI=1S/C9H11N3O3S/c13-8(11-7-4-10-12-16-7)5-1-2-6(3-5)9(14)15/h4-6H,1-3H2,(H,11,13)(H,14,15)/t5-,6+/m1/s1. The van der Waals surface area contributed by atoms with Crippen molar-refractivity contribution in [1.82, 2.24) is 9.59 Å². The fourth-order valence-electron chi connectivity index (χ4n) is 1.89. The molecule has 16 heavy (non-hydrogen) atoms. The second-order valence-electron chi connectivity index (χ2n) is 3.82. The molecule has 1 fully saturated rings. The van der Waals surface area contributed by atoms with E-state index in [4.69, 9.17) is 5.11 Å². The van der Waals surface area contributed by atoms with Gasteiger partial charge in [0.05, 0.1) is 12.1 Å². The Labute approximate surface area is 95.8 Å². The summed E-state index contributed by atoms with van der Waals surface area (Å²) >= 11 is 1.11. The van der Waals surface area contributed by atoms with Gasteiger partial charge in [0, 0.05) is 17.5 Å². The lowest BCUT2D eigenvalue weighted by Gasteiger charge is -2.08. The number of hydrogen-bond acceptors (Lipinski definition) is 5. The molecule has 2 atom stereocenters. The van der Waals surface area contributed by atoms with E-state index in [2.05, 4.69) is 14.9 Å². The maximum absolute atomic E-state index is 11.7. The molecule has 6 nitrogen and oxygen atoms in total. The van der Waals surface area contributed by atoms with Gasteiger partial charge in [-0.05, 0) is 19.3 Å². The third kappa shape index (κ3) is 2.35. The van der Waals surface area contributed by atoms with Crippen LogP contribution in [0.25, 0.3) is 0 Å². The van der Waals surface area contributed by atoms with Gasteiger partial charge in [-0.15, -0.1) is 5.10 Å². The molecule has 1 aromatic rings. The monoisotopic (exact) mass is 241 g/mol. The number of nitrogens with zero attached hydrogens (tertiary/aromatic N) is 2. The molecule has 7 heteroatoms. The van der Waals surface area contributed by atoms with Crippen molar-refractivity contribution in [2.24, 2.45) is 11.8 Å². The Bertz CT molecular complexity index is 393. The highest BCUT2D eigenvalue weighted by Gasteiger charge is 2.33. The van der Waals surface area contributed by atoms with Gasteiger partial charge in [0.15, 0.2) is 0 Å². The predicted molar refractivity (Wildman–Crippen MR) is 57.0 cm³/mol. The fourth-order valence-corrected chi connectivity index (χ4v) is 2.31. The molecule has 1 heterocycles. The van der Waals surface area contributed by atoms with E-state index >= 15 is 0 Å². The molecule has 0 saturated heterocycles. The number of carboxylic acids is 1. The summed E-state index contributed by atoms with van der Waals surface area (Å²) in [6.45, 7) is 0. The van der Waals surface area contributed by atoms with E-state index in [0.29, 0.717) is 24.3 Å². The van der Waals surface area contributed by atoms with E-state index < -0.39 is 5.97 Å². The number of amides is 1. The van der Waals surface area contributed by atoms with Gasteiger partial charge in [-0.3, -0.25) is 9.59 Å². The van der Waals surface area contributed by atoms with Crippen molar-refractivity contribution in [2.75, 3.05) is 5.32 Å². The highest BCUT2D eigenvalue weighted by atomic mass is 32.1. The van der Waals surface area contributed by atoms with Crippen molar-refractivity contribution in [3.8, 4) is 0 Å². The first kappa shape index (κ1) is 11.0. The molecule has 2 rings (SSSR count). The minimum atomic E-state index is -0.810. The third-order valence-electron chi connectivity index (χ3n) is 2.76. The van der Waals surface area contributed by atoms with Crippen LogP contribution in [0.5, 0.6) is 0 Å². The molecule has 1 saturated carbocycles. The lowest BCUT2D eigenvalue weighted by molar-refractivity contribution is -0.141. The number of rotatable bonds is 3. The van der Waals surface area contributed by atoms with E-state index in [1.165, 1.54) is 6.20 Å². The third-order valence-corrected chi connectivity index (χ3v) is 3.34. The second-order valence-corrected chi connectivity index (χ2v) is 4.60. The summed E-state index contributed by atoms with van der Waals surface area (Å²) in [5, 5.41) is 15.7. The SMILES string of the molecule is O=C(O)[C@H]1CC[C@@H](C(=O)Nc2cnns2)C1. The molecule has 0 spiro atoms. The van der Waals surface area contributed by atoms with Crippen molar-refractivity contribution >= 4 is 28.4 Å². The molecular formula is C9H11N3O3S. The van der Waals surface area contributed by atoms with Crippen LogP contribution in [-0.4, -0.2) is 26.6 Å². The van der Waals surface area contributed by atoms with Crippen LogP contribution in [0.3, 0.4) is 0 Å². The Morgan fingerprint density at radius 3 is 2.75 bits per heavy atom. The van der Waals surface area contributed by atoms with Crippen molar-refractivity contribution in [3.05, 3.63) is 6.20 Å². The number of nitrogens with one attached hydrogen (secondary N) is 1.